The van der Waals surface area contributed by atoms with Gasteiger partial charge in [-0.25, -0.2) is 0 Å². The van der Waals surface area contributed by atoms with Crippen molar-refractivity contribution in [1.29, 1.82) is 0 Å². The number of hydrogen-bond acceptors (Lipinski definition) is 2. The summed E-state index contributed by atoms with van der Waals surface area (Å²) in [6.45, 7) is 1.90. The van der Waals surface area contributed by atoms with Gasteiger partial charge in [-0.1, -0.05) is 22.0 Å². The molecule has 0 radical (unpaired) electrons. The molecule has 19 heavy (non-hydrogen) atoms. The highest BCUT2D eigenvalue weighted by molar-refractivity contribution is 9.10. The minimum atomic E-state index is -0.101. The molecule has 0 aromatic heterocycles. The number of nitrogens with zero attached hydrogens (tertiary/aromatic N) is 1. The van der Waals surface area contributed by atoms with Crippen molar-refractivity contribution in [3.8, 4) is 5.75 Å². The van der Waals surface area contributed by atoms with Crippen molar-refractivity contribution in [2.24, 2.45) is 0 Å². The molecule has 0 saturated carbocycles. The maximum atomic E-state index is 12.4. The van der Waals surface area contributed by atoms with Gasteiger partial charge in [0.1, 0.15) is 5.75 Å². The third-order valence-electron chi connectivity index (χ3n) is 2.94. The number of phenolic OH excluding ortho intramolecular Hbond substituents is 1. The first-order valence-corrected chi connectivity index (χ1v) is 6.61. The van der Waals surface area contributed by atoms with Crippen LogP contribution in [0.1, 0.15) is 15.9 Å². The fourth-order valence-corrected chi connectivity index (χ4v) is 2.34. The third kappa shape index (κ3) is 2.96. The maximum absolute atomic E-state index is 12.4. The first-order chi connectivity index (χ1) is 8.99. The SMILES string of the molecule is Cc1cc(Br)ccc1C(=O)N(C)c1cccc(O)c1. The second kappa shape index (κ2) is 5.45. The Morgan fingerprint density at radius 3 is 2.58 bits per heavy atom. The van der Waals surface area contributed by atoms with E-state index in [1.165, 1.54) is 4.90 Å². The van der Waals surface area contributed by atoms with E-state index < -0.39 is 0 Å². The number of carbonyl (C=O) groups is 1. The molecule has 1 amide bonds. The molecule has 0 bridgehead atoms. The summed E-state index contributed by atoms with van der Waals surface area (Å²) in [7, 11) is 1.69. The molecule has 0 aliphatic carbocycles. The van der Waals surface area contributed by atoms with Crippen LogP contribution in [0.3, 0.4) is 0 Å². The van der Waals surface area contributed by atoms with Crippen LogP contribution >= 0.6 is 15.9 Å². The number of hydrogen-bond donors (Lipinski definition) is 1. The summed E-state index contributed by atoms with van der Waals surface area (Å²) in [4.78, 5) is 13.9. The van der Waals surface area contributed by atoms with Crippen molar-refractivity contribution in [3.63, 3.8) is 0 Å². The first-order valence-electron chi connectivity index (χ1n) is 5.82. The van der Waals surface area contributed by atoms with Crippen LogP contribution in [-0.2, 0) is 0 Å². The molecule has 1 N–H and O–H groups in total. The van der Waals surface area contributed by atoms with Gasteiger partial charge in [-0.3, -0.25) is 4.79 Å². The normalized spacial score (nSPS) is 10.3. The van der Waals surface area contributed by atoms with Crippen LogP contribution in [0.25, 0.3) is 0 Å². The zero-order chi connectivity index (χ0) is 14.0. The number of amides is 1. The number of aryl methyl sites for hydroxylation is 1. The van der Waals surface area contributed by atoms with Crippen LogP contribution < -0.4 is 4.90 Å². The predicted octanol–water partition coefficient (Wildman–Crippen LogP) is 3.74. The average molecular weight is 320 g/mol. The highest BCUT2D eigenvalue weighted by Gasteiger charge is 2.15. The van der Waals surface area contributed by atoms with Gasteiger partial charge in [-0.15, -0.1) is 0 Å². The van der Waals surface area contributed by atoms with E-state index in [0.29, 0.717) is 11.3 Å². The summed E-state index contributed by atoms with van der Waals surface area (Å²) in [6.07, 6.45) is 0. The van der Waals surface area contributed by atoms with Crippen molar-refractivity contribution in [2.45, 2.75) is 6.92 Å². The van der Waals surface area contributed by atoms with E-state index in [9.17, 15) is 9.90 Å². The molecule has 2 aromatic rings. The fourth-order valence-electron chi connectivity index (χ4n) is 1.87. The van der Waals surface area contributed by atoms with Crippen LogP contribution in [0.15, 0.2) is 46.9 Å². The van der Waals surface area contributed by atoms with Gasteiger partial charge in [-0.05, 0) is 42.8 Å². The van der Waals surface area contributed by atoms with Gasteiger partial charge < -0.3 is 10.0 Å². The number of halogens is 1. The topological polar surface area (TPSA) is 40.5 Å². The number of aromatic hydroxyl groups is 1. The summed E-state index contributed by atoms with van der Waals surface area (Å²) in [5.41, 5.74) is 2.22. The Hall–Kier alpha value is -1.81. The Balaban J connectivity index is 2.33. The summed E-state index contributed by atoms with van der Waals surface area (Å²) >= 11 is 3.38. The van der Waals surface area contributed by atoms with Gasteiger partial charge in [0.25, 0.3) is 5.91 Å². The zero-order valence-electron chi connectivity index (χ0n) is 10.7. The molecule has 0 aliphatic rings. The Labute approximate surface area is 120 Å². The van der Waals surface area contributed by atoms with E-state index in [-0.39, 0.29) is 11.7 Å². The molecule has 0 atom stereocenters. The minimum absolute atomic E-state index is 0.101. The highest BCUT2D eigenvalue weighted by atomic mass is 79.9. The molecule has 0 spiro atoms. The lowest BCUT2D eigenvalue weighted by atomic mass is 10.1. The summed E-state index contributed by atoms with van der Waals surface area (Å²) in [5.74, 6) is 0.0419. The number of carbonyl (C=O) groups excluding carboxylic acids is 1. The number of anilines is 1. The van der Waals surface area contributed by atoms with Gasteiger partial charge >= 0.3 is 0 Å². The largest absolute Gasteiger partial charge is 0.508 e. The van der Waals surface area contributed by atoms with Crippen LogP contribution in [0.2, 0.25) is 0 Å². The molecule has 0 unspecified atom stereocenters. The molecular formula is C15H14BrNO2. The van der Waals surface area contributed by atoms with Crippen LogP contribution in [0, 0.1) is 6.92 Å². The molecule has 0 fully saturated rings. The van der Waals surface area contributed by atoms with Gasteiger partial charge in [0.05, 0.1) is 0 Å². The standard InChI is InChI=1S/C15H14BrNO2/c1-10-8-11(16)6-7-14(10)15(19)17(2)12-4-3-5-13(18)9-12/h3-9,18H,1-2H3. The van der Waals surface area contributed by atoms with Gasteiger partial charge in [-0.2, -0.15) is 0 Å². The quantitative estimate of drug-likeness (QED) is 0.916. The van der Waals surface area contributed by atoms with E-state index in [1.807, 2.05) is 19.1 Å². The third-order valence-corrected chi connectivity index (χ3v) is 3.43. The maximum Gasteiger partial charge on any atom is 0.258 e. The van der Waals surface area contributed by atoms with E-state index in [0.717, 1.165) is 10.0 Å². The summed E-state index contributed by atoms with van der Waals surface area (Å²) < 4.78 is 0.946. The van der Waals surface area contributed by atoms with Crippen LogP contribution in [0.4, 0.5) is 5.69 Å². The number of benzene rings is 2. The lowest BCUT2D eigenvalue weighted by Crippen LogP contribution is -2.26. The molecule has 3 nitrogen and oxygen atoms in total. The highest BCUT2D eigenvalue weighted by Crippen LogP contribution is 2.22. The van der Waals surface area contributed by atoms with E-state index in [1.54, 1.807) is 37.4 Å². The van der Waals surface area contributed by atoms with E-state index >= 15 is 0 Å². The molecule has 0 heterocycles. The van der Waals surface area contributed by atoms with Gasteiger partial charge in [0, 0.05) is 28.8 Å². The molecular weight excluding hydrogens is 306 g/mol. The monoisotopic (exact) mass is 319 g/mol. The van der Waals surface area contributed by atoms with Crippen molar-refractivity contribution in [2.75, 3.05) is 11.9 Å². The second-order valence-corrected chi connectivity index (χ2v) is 5.26. The smallest absolute Gasteiger partial charge is 0.258 e. The fraction of sp³-hybridized carbons (Fsp3) is 0.133. The molecule has 98 valence electrons. The lowest BCUT2D eigenvalue weighted by Gasteiger charge is -2.18. The molecule has 2 rings (SSSR count). The molecule has 0 aliphatic heterocycles. The van der Waals surface area contributed by atoms with Gasteiger partial charge in [0.15, 0.2) is 0 Å². The minimum Gasteiger partial charge on any atom is -0.508 e. The van der Waals surface area contributed by atoms with Crippen molar-refractivity contribution in [3.05, 3.63) is 58.1 Å². The summed E-state index contributed by atoms with van der Waals surface area (Å²) in [5, 5.41) is 9.46. The molecule has 4 heteroatoms. The Morgan fingerprint density at radius 2 is 1.95 bits per heavy atom. The van der Waals surface area contributed by atoms with Crippen molar-refractivity contribution in [1.82, 2.24) is 0 Å². The number of rotatable bonds is 2. The lowest BCUT2D eigenvalue weighted by molar-refractivity contribution is 0.0992. The second-order valence-electron chi connectivity index (χ2n) is 4.34. The van der Waals surface area contributed by atoms with Gasteiger partial charge in [0.2, 0.25) is 0 Å². The average Bonchev–Trinajstić information content (AvgIpc) is 2.37. The Morgan fingerprint density at radius 1 is 1.21 bits per heavy atom. The predicted molar refractivity (Wildman–Crippen MR) is 79.7 cm³/mol. The number of phenols is 1. The van der Waals surface area contributed by atoms with Crippen LogP contribution in [0.5, 0.6) is 5.75 Å². The first kappa shape index (κ1) is 13.6. The zero-order valence-corrected chi connectivity index (χ0v) is 12.3. The Kier molecular flexibility index (Phi) is 3.90. The van der Waals surface area contributed by atoms with E-state index in [2.05, 4.69) is 15.9 Å². The molecule has 2 aromatic carbocycles. The Bertz CT molecular complexity index is 625. The van der Waals surface area contributed by atoms with Crippen LogP contribution in [-0.4, -0.2) is 18.1 Å². The van der Waals surface area contributed by atoms with E-state index in [4.69, 9.17) is 0 Å². The molecule has 0 saturated heterocycles. The van der Waals surface area contributed by atoms with Crippen molar-refractivity contribution >= 4 is 27.5 Å². The summed E-state index contributed by atoms with van der Waals surface area (Å²) in [6, 6.07) is 12.2. The van der Waals surface area contributed by atoms with Crippen molar-refractivity contribution < 1.29 is 9.90 Å².